The van der Waals surface area contributed by atoms with Gasteiger partial charge in [0.2, 0.25) is 0 Å². The monoisotopic (exact) mass is 650 g/mol. The van der Waals surface area contributed by atoms with E-state index in [4.69, 9.17) is 46.6 Å². The summed E-state index contributed by atoms with van der Waals surface area (Å²) in [6.45, 7) is 1.63. The van der Waals surface area contributed by atoms with E-state index < -0.39 is 111 Å². The van der Waals surface area contributed by atoms with Gasteiger partial charge in [-0.05, 0) is 45.1 Å². The van der Waals surface area contributed by atoms with Gasteiger partial charge in [-0.25, -0.2) is 0 Å². The van der Waals surface area contributed by atoms with E-state index in [2.05, 4.69) is 17.6 Å². The predicted molar refractivity (Wildman–Crippen MR) is 157 cm³/mol. The summed E-state index contributed by atoms with van der Waals surface area (Å²) in [5.74, 6) is 0.283. The fourth-order valence-corrected chi connectivity index (χ4v) is 7.48. The van der Waals surface area contributed by atoms with Crippen molar-refractivity contribution in [1.29, 1.82) is 0 Å². The van der Waals surface area contributed by atoms with Gasteiger partial charge in [0.25, 0.3) is 0 Å². The maximum atomic E-state index is 11.3. The van der Waals surface area contributed by atoms with Crippen LogP contribution in [0.2, 0.25) is 0 Å². The zero-order chi connectivity index (χ0) is 32.7. The first-order chi connectivity index (χ1) is 21.3. The predicted octanol–water partition coefficient (Wildman–Crippen LogP) is -5.80. The van der Waals surface area contributed by atoms with Crippen molar-refractivity contribution < 1.29 is 54.3 Å². The molecule has 16 N–H and O–H groups in total. The van der Waals surface area contributed by atoms with Crippen LogP contribution in [0.3, 0.4) is 0 Å². The van der Waals surface area contributed by atoms with Crippen molar-refractivity contribution in [2.75, 3.05) is 13.7 Å². The second-order valence-corrected chi connectivity index (χ2v) is 13.5. The van der Waals surface area contributed by atoms with Crippen LogP contribution in [-0.4, -0.2) is 160 Å². The van der Waals surface area contributed by atoms with Gasteiger partial charge < -0.3 is 87.9 Å². The largest absolute Gasteiger partial charge is 0.394 e. The van der Waals surface area contributed by atoms with Crippen LogP contribution in [0, 0.1) is 5.92 Å². The van der Waals surface area contributed by atoms with Gasteiger partial charge in [0.05, 0.1) is 36.9 Å². The smallest absolute Gasteiger partial charge is 0.189 e. The summed E-state index contributed by atoms with van der Waals surface area (Å²) in [7, 11) is 1.58. The van der Waals surface area contributed by atoms with E-state index in [1.807, 2.05) is 0 Å². The first-order valence-electron chi connectivity index (χ1n) is 16.1. The summed E-state index contributed by atoms with van der Waals surface area (Å²) in [6, 6.07) is -3.64. The molecule has 20 atom stereocenters. The second-order valence-electron chi connectivity index (χ2n) is 13.5. The first-order valence-corrected chi connectivity index (χ1v) is 16.1. The van der Waals surface area contributed by atoms with E-state index in [0.717, 1.165) is 19.3 Å². The minimum atomic E-state index is -1.50. The van der Waals surface area contributed by atoms with Crippen molar-refractivity contribution in [2.24, 2.45) is 28.9 Å². The van der Waals surface area contributed by atoms with Crippen molar-refractivity contribution in [3.8, 4) is 0 Å². The molecule has 3 saturated heterocycles. The molecule has 3 aliphatic heterocycles. The summed E-state index contributed by atoms with van der Waals surface area (Å²) in [6.07, 6.45) is -11.1. The molecular weight excluding hydrogens is 596 g/mol. The van der Waals surface area contributed by atoms with Gasteiger partial charge >= 0.3 is 0 Å². The molecule has 17 nitrogen and oxygen atoms in total. The van der Waals surface area contributed by atoms with Crippen molar-refractivity contribution >= 4 is 0 Å². The first kappa shape index (κ1) is 35.6. The van der Waals surface area contributed by atoms with Gasteiger partial charge in [0.1, 0.15) is 42.7 Å². The maximum Gasteiger partial charge on any atom is 0.189 e. The van der Waals surface area contributed by atoms with E-state index in [1.54, 1.807) is 7.05 Å². The fourth-order valence-electron chi connectivity index (χ4n) is 7.48. The summed E-state index contributed by atoms with van der Waals surface area (Å²) >= 11 is 0. The molecule has 0 bridgehead atoms. The van der Waals surface area contributed by atoms with Crippen molar-refractivity contribution in [2.45, 2.75) is 155 Å². The van der Waals surface area contributed by atoms with Crippen LogP contribution in [0.4, 0.5) is 0 Å². The molecule has 3 heterocycles. The minimum Gasteiger partial charge on any atom is -0.394 e. The lowest BCUT2D eigenvalue weighted by Gasteiger charge is -2.51. The number of aliphatic hydroxyl groups excluding tert-OH is 6. The van der Waals surface area contributed by atoms with Gasteiger partial charge in [0.15, 0.2) is 18.9 Å². The van der Waals surface area contributed by atoms with Crippen LogP contribution in [0.1, 0.15) is 39.0 Å². The maximum absolute atomic E-state index is 11.3. The number of nitrogens with one attached hydrogen (secondary N) is 2. The zero-order valence-electron chi connectivity index (χ0n) is 25.8. The van der Waals surface area contributed by atoms with E-state index in [1.165, 1.54) is 0 Å². The van der Waals surface area contributed by atoms with Gasteiger partial charge in [-0.15, -0.1) is 0 Å². The average molecular weight is 651 g/mol. The van der Waals surface area contributed by atoms with Crippen LogP contribution in [0.25, 0.3) is 0 Å². The molecule has 45 heavy (non-hydrogen) atoms. The summed E-state index contributed by atoms with van der Waals surface area (Å²) in [4.78, 5) is 0. The number of ether oxygens (including phenoxy) is 5. The number of rotatable bonds is 8. The molecule has 5 rings (SSSR count). The zero-order valence-corrected chi connectivity index (χ0v) is 25.8. The quantitative estimate of drug-likeness (QED) is 0.116. The molecule has 0 spiro atoms. The van der Waals surface area contributed by atoms with E-state index >= 15 is 0 Å². The van der Waals surface area contributed by atoms with Gasteiger partial charge in [0, 0.05) is 24.2 Å². The normalized spacial score (nSPS) is 54.4. The highest BCUT2D eigenvalue weighted by Crippen LogP contribution is 2.36. The Morgan fingerprint density at radius 3 is 2.09 bits per heavy atom. The van der Waals surface area contributed by atoms with E-state index in [9.17, 15) is 30.6 Å². The van der Waals surface area contributed by atoms with Gasteiger partial charge in [-0.3, -0.25) is 0 Å². The van der Waals surface area contributed by atoms with Crippen LogP contribution in [0.15, 0.2) is 0 Å². The number of hydrogen-bond donors (Lipinski definition) is 12. The van der Waals surface area contributed by atoms with Gasteiger partial charge in [-0.2, -0.15) is 0 Å². The minimum absolute atomic E-state index is 0.0345. The molecule has 10 unspecified atom stereocenters. The van der Waals surface area contributed by atoms with Crippen molar-refractivity contribution in [1.82, 2.24) is 10.6 Å². The standard InChI is InChI=1S/C28H54N6O11/c1-9-5-10(3-4-11(9)29)34-17-16(8-35)42-28(23(40)20(17)37)45-27-18(33-2)21(38)25-15(41-27)7-14(32)26(44-25)43-24-13(31)6-12(30)19(36)22(24)39/h9-28,33-40H,3-8,29-32H2,1-2H3/t9?,10-,11-,12-,13?,14?,15+,16?,17-,18?,19?,20+,21?,22-,23?,24-,25?,26+,27?,28-/m1/s1. The summed E-state index contributed by atoms with van der Waals surface area (Å²) in [5.41, 5.74) is 24.5. The molecule has 17 heteroatoms. The number of nitrogens with two attached hydrogens (primary N) is 4. The highest BCUT2D eigenvalue weighted by atomic mass is 16.8. The topological polar surface area (TPSA) is 296 Å². The molecule has 2 saturated carbocycles. The number of hydrogen-bond acceptors (Lipinski definition) is 17. The Morgan fingerprint density at radius 1 is 0.689 bits per heavy atom. The number of likely N-dealkylation sites (N-methyl/N-ethyl adjacent to an activating group) is 1. The number of fused-ring (bicyclic) bond motifs is 1. The lowest BCUT2D eigenvalue weighted by molar-refractivity contribution is -0.374. The SMILES string of the molecule is CNC1C(O[C@H]2OC(CO)[C@@H](N[C@@H]3CC[C@@H](N)C(C)C3)[C@H](O)C2O)O[C@H]2CC(N)[C@@H](O[C@@H]3C(N)C[C@@H](N)C(O)[C@H]3O)OC2C1O. The van der Waals surface area contributed by atoms with Crippen LogP contribution >= 0.6 is 0 Å². The van der Waals surface area contributed by atoms with Crippen molar-refractivity contribution in [3.63, 3.8) is 0 Å². The summed E-state index contributed by atoms with van der Waals surface area (Å²) in [5, 5.41) is 70.7. The Labute approximate surface area is 262 Å². The summed E-state index contributed by atoms with van der Waals surface area (Å²) < 4.78 is 30.2. The Balaban J connectivity index is 1.22. The second kappa shape index (κ2) is 14.8. The molecule has 0 amide bonds. The lowest BCUT2D eigenvalue weighted by Crippen LogP contribution is -2.70. The third kappa shape index (κ3) is 7.35. The molecule has 2 aliphatic carbocycles. The van der Waals surface area contributed by atoms with E-state index in [0.29, 0.717) is 0 Å². The van der Waals surface area contributed by atoms with Crippen LogP contribution in [0.5, 0.6) is 0 Å². The molecule has 5 aliphatic rings. The lowest BCUT2D eigenvalue weighted by atomic mass is 9.82. The molecular formula is C28H54N6O11. The van der Waals surface area contributed by atoms with E-state index in [-0.39, 0.29) is 30.8 Å². The Bertz CT molecular complexity index is 959. The molecule has 0 aromatic rings. The Hall–Kier alpha value is -0.680. The molecule has 262 valence electrons. The van der Waals surface area contributed by atoms with Gasteiger partial charge in [-0.1, -0.05) is 6.92 Å². The third-order valence-electron chi connectivity index (χ3n) is 10.4. The highest BCUT2D eigenvalue weighted by molar-refractivity contribution is 5.02. The Kier molecular flexibility index (Phi) is 11.7. The fraction of sp³-hybridized carbons (Fsp3) is 1.00. The Morgan fingerprint density at radius 2 is 1.42 bits per heavy atom. The third-order valence-corrected chi connectivity index (χ3v) is 10.4. The molecule has 5 fully saturated rings. The van der Waals surface area contributed by atoms with Crippen molar-refractivity contribution in [3.05, 3.63) is 0 Å². The van der Waals surface area contributed by atoms with Crippen LogP contribution in [-0.2, 0) is 23.7 Å². The van der Waals surface area contributed by atoms with Crippen LogP contribution < -0.4 is 33.6 Å². The highest BCUT2D eigenvalue weighted by Gasteiger charge is 2.54. The number of aliphatic hydroxyl groups is 6. The molecule has 0 aromatic heterocycles. The average Bonchev–Trinajstić information content (AvgIpc) is 3.00. The molecule has 0 radical (unpaired) electrons. The molecule has 0 aromatic carbocycles.